The van der Waals surface area contributed by atoms with E-state index in [-0.39, 0.29) is 0 Å². The molecule has 104 valence electrons. The predicted molar refractivity (Wildman–Crippen MR) is 84.6 cm³/mol. The van der Waals surface area contributed by atoms with Crippen LogP contribution in [0.3, 0.4) is 0 Å². The van der Waals surface area contributed by atoms with Gasteiger partial charge in [0.05, 0.1) is 6.10 Å². The van der Waals surface area contributed by atoms with Crippen molar-refractivity contribution >= 4 is 15.9 Å². The molecule has 3 rings (SSSR count). The smallest absolute Gasteiger partial charge is 0.0914 e. The third kappa shape index (κ3) is 2.95. The lowest BCUT2D eigenvalue weighted by molar-refractivity contribution is 0.169. The van der Waals surface area contributed by atoms with Gasteiger partial charge in [0.25, 0.3) is 0 Å². The Bertz CT molecular complexity index is 599. The Labute approximate surface area is 128 Å². The molecule has 2 aromatic rings. The SMILES string of the molecule is OC(CNC1CCc2ccccc21)c1cccc(Br)c1. The normalized spacial score (nSPS) is 18.8. The fourth-order valence-electron chi connectivity index (χ4n) is 2.85. The van der Waals surface area contributed by atoms with Crippen LogP contribution in [0, 0.1) is 0 Å². The third-order valence-corrected chi connectivity index (χ3v) is 4.42. The summed E-state index contributed by atoms with van der Waals surface area (Å²) in [6, 6.07) is 16.8. The van der Waals surface area contributed by atoms with E-state index in [9.17, 15) is 5.11 Å². The van der Waals surface area contributed by atoms with Crippen LogP contribution in [0.2, 0.25) is 0 Å². The Morgan fingerprint density at radius 3 is 2.90 bits per heavy atom. The Kier molecular flexibility index (Phi) is 4.20. The van der Waals surface area contributed by atoms with Crippen LogP contribution in [0.1, 0.15) is 35.3 Å². The van der Waals surface area contributed by atoms with Crippen LogP contribution < -0.4 is 5.32 Å². The first kappa shape index (κ1) is 13.8. The van der Waals surface area contributed by atoms with Crippen LogP contribution in [-0.2, 0) is 6.42 Å². The van der Waals surface area contributed by atoms with Crippen molar-refractivity contribution in [2.45, 2.75) is 25.0 Å². The van der Waals surface area contributed by atoms with Crippen LogP contribution in [0.25, 0.3) is 0 Å². The summed E-state index contributed by atoms with van der Waals surface area (Å²) in [4.78, 5) is 0. The second kappa shape index (κ2) is 6.08. The minimum absolute atomic E-state index is 0.369. The molecule has 0 saturated carbocycles. The number of fused-ring (bicyclic) bond motifs is 1. The van der Waals surface area contributed by atoms with Crippen molar-refractivity contribution in [3.8, 4) is 0 Å². The minimum atomic E-state index is -0.472. The highest BCUT2D eigenvalue weighted by Crippen LogP contribution is 2.31. The van der Waals surface area contributed by atoms with Crippen LogP contribution in [0.15, 0.2) is 53.0 Å². The van der Waals surface area contributed by atoms with Crippen molar-refractivity contribution in [2.75, 3.05) is 6.54 Å². The van der Waals surface area contributed by atoms with Gasteiger partial charge in [-0.2, -0.15) is 0 Å². The summed E-state index contributed by atoms with van der Waals surface area (Å²) in [6.07, 6.45) is 1.77. The summed E-state index contributed by atoms with van der Waals surface area (Å²) < 4.78 is 1.00. The Morgan fingerprint density at radius 2 is 2.05 bits per heavy atom. The molecule has 20 heavy (non-hydrogen) atoms. The summed E-state index contributed by atoms with van der Waals surface area (Å²) in [5.74, 6) is 0. The molecular weight excluding hydrogens is 314 g/mol. The molecule has 2 nitrogen and oxygen atoms in total. The van der Waals surface area contributed by atoms with Gasteiger partial charge in [-0.05, 0) is 41.7 Å². The van der Waals surface area contributed by atoms with Gasteiger partial charge in [-0.15, -0.1) is 0 Å². The number of benzene rings is 2. The number of aliphatic hydroxyl groups excluding tert-OH is 1. The van der Waals surface area contributed by atoms with E-state index < -0.39 is 6.10 Å². The zero-order chi connectivity index (χ0) is 13.9. The summed E-state index contributed by atoms with van der Waals surface area (Å²) >= 11 is 3.44. The van der Waals surface area contributed by atoms with Crippen molar-refractivity contribution in [2.24, 2.45) is 0 Å². The molecule has 2 aromatic carbocycles. The molecule has 3 heteroatoms. The standard InChI is InChI=1S/C17H18BrNO/c18-14-6-3-5-13(10-14)17(20)11-19-16-9-8-12-4-1-2-7-15(12)16/h1-7,10,16-17,19-20H,8-9,11H2. The van der Waals surface area contributed by atoms with E-state index in [1.807, 2.05) is 24.3 Å². The number of hydrogen-bond donors (Lipinski definition) is 2. The first-order valence-corrected chi connectivity index (χ1v) is 7.78. The van der Waals surface area contributed by atoms with Gasteiger partial charge in [-0.1, -0.05) is 52.3 Å². The lowest BCUT2D eigenvalue weighted by Gasteiger charge is -2.18. The average Bonchev–Trinajstić information content (AvgIpc) is 2.88. The number of aliphatic hydroxyl groups is 1. The molecule has 0 radical (unpaired) electrons. The van der Waals surface area contributed by atoms with E-state index in [4.69, 9.17) is 0 Å². The topological polar surface area (TPSA) is 32.3 Å². The Hall–Kier alpha value is -1.16. The molecule has 0 saturated heterocycles. The highest BCUT2D eigenvalue weighted by Gasteiger charge is 2.22. The van der Waals surface area contributed by atoms with Gasteiger partial charge >= 0.3 is 0 Å². The zero-order valence-electron chi connectivity index (χ0n) is 11.2. The first-order valence-electron chi connectivity index (χ1n) is 6.99. The molecule has 2 unspecified atom stereocenters. The maximum absolute atomic E-state index is 10.3. The molecule has 0 heterocycles. The molecule has 0 aliphatic heterocycles. The lowest BCUT2D eigenvalue weighted by Crippen LogP contribution is -2.25. The van der Waals surface area contributed by atoms with Gasteiger partial charge in [0.1, 0.15) is 0 Å². The second-order valence-corrected chi connectivity index (χ2v) is 6.18. The van der Waals surface area contributed by atoms with Crippen molar-refractivity contribution in [3.63, 3.8) is 0 Å². The van der Waals surface area contributed by atoms with Crippen molar-refractivity contribution in [1.29, 1.82) is 0 Å². The first-order chi connectivity index (χ1) is 9.74. The maximum Gasteiger partial charge on any atom is 0.0914 e. The van der Waals surface area contributed by atoms with Gasteiger partial charge < -0.3 is 10.4 Å². The number of nitrogens with one attached hydrogen (secondary N) is 1. The number of hydrogen-bond acceptors (Lipinski definition) is 2. The quantitative estimate of drug-likeness (QED) is 0.894. The average molecular weight is 332 g/mol. The van der Waals surface area contributed by atoms with E-state index in [0.29, 0.717) is 12.6 Å². The monoisotopic (exact) mass is 331 g/mol. The lowest BCUT2D eigenvalue weighted by atomic mass is 10.1. The van der Waals surface area contributed by atoms with Crippen molar-refractivity contribution in [3.05, 3.63) is 69.7 Å². The van der Waals surface area contributed by atoms with E-state index in [2.05, 4.69) is 45.5 Å². The molecule has 0 aromatic heterocycles. The predicted octanol–water partition coefficient (Wildman–Crippen LogP) is 3.76. The number of aryl methyl sites for hydroxylation is 1. The Morgan fingerprint density at radius 1 is 1.20 bits per heavy atom. The Balaban J connectivity index is 1.63. The molecule has 0 fully saturated rings. The maximum atomic E-state index is 10.3. The van der Waals surface area contributed by atoms with E-state index in [1.54, 1.807) is 0 Å². The molecule has 1 aliphatic carbocycles. The molecule has 2 atom stereocenters. The van der Waals surface area contributed by atoms with Gasteiger partial charge in [0.2, 0.25) is 0 Å². The van der Waals surface area contributed by atoms with Crippen molar-refractivity contribution in [1.82, 2.24) is 5.32 Å². The highest BCUT2D eigenvalue weighted by atomic mass is 79.9. The van der Waals surface area contributed by atoms with Crippen LogP contribution in [0.5, 0.6) is 0 Å². The number of rotatable bonds is 4. The fraction of sp³-hybridized carbons (Fsp3) is 0.294. The van der Waals surface area contributed by atoms with E-state index in [1.165, 1.54) is 11.1 Å². The van der Waals surface area contributed by atoms with Gasteiger partial charge in [0.15, 0.2) is 0 Å². The van der Waals surface area contributed by atoms with Crippen LogP contribution in [0.4, 0.5) is 0 Å². The molecule has 0 amide bonds. The van der Waals surface area contributed by atoms with Gasteiger partial charge in [0, 0.05) is 17.1 Å². The van der Waals surface area contributed by atoms with E-state index >= 15 is 0 Å². The van der Waals surface area contributed by atoms with E-state index in [0.717, 1.165) is 22.9 Å². The van der Waals surface area contributed by atoms with Gasteiger partial charge in [-0.3, -0.25) is 0 Å². The largest absolute Gasteiger partial charge is 0.387 e. The van der Waals surface area contributed by atoms with Crippen LogP contribution in [-0.4, -0.2) is 11.7 Å². The van der Waals surface area contributed by atoms with Gasteiger partial charge in [-0.25, -0.2) is 0 Å². The third-order valence-electron chi connectivity index (χ3n) is 3.92. The minimum Gasteiger partial charge on any atom is -0.387 e. The molecular formula is C17H18BrNO. The van der Waals surface area contributed by atoms with Crippen molar-refractivity contribution < 1.29 is 5.11 Å². The summed E-state index contributed by atoms with van der Waals surface area (Å²) in [5.41, 5.74) is 3.76. The molecule has 0 bridgehead atoms. The molecule has 0 spiro atoms. The molecule has 1 aliphatic rings. The molecule has 2 N–H and O–H groups in total. The fourth-order valence-corrected chi connectivity index (χ4v) is 3.27. The second-order valence-electron chi connectivity index (χ2n) is 5.27. The zero-order valence-corrected chi connectivity index (χ0v) is 12.8. The highest BCUT2D eigenvalue weighted by molar-refractivity contribution is 9.10. The number of halogens is 1. The summed E-state index contributed by atoms with van der Waals surface area (Å²) in [5, 5.41) is 13.8. The van der Waals surface area contributed by atoms with Crippen LogP contribution >= 0.6 is 15.9 Å². The summed E-state index contributed by atoms with van der Waals surface area (Å²) in [6.45, 7) is 0.579. The summed E-state index contributed by atoms with van der Waals surface area (Å²) in [7, 11) is 0.